The largest absolute Gasteiger partial charge is 0.532 e. The van der Waals surface area contributed by atoms with Crippen molar-refractivity contribution in [3.63, 3.8) is 0 Å². The summed E-state index contributed by atoms with van der Waals surface area (Å²) in [5.74, 6) is 4.39. The van der Waals surface area contributed by atoms with Crippen LogP contribution in [-0.4, -0.2) is 36.1 Å². The van der Waals surface area contributed by atoms with Gasteiger partial charge in [0.25, 0.3) is 0 Å². The second kappa shape index (κ2) is 8.38. The Hall–Kier alpha value is -0.733. The minimum atomic E-state index is -2.99. The maximum Gasteiger partial charge on any atom is 0.532 e. The van der Waals surface area contributed by atoms with E-state index in [1.165, 1.54) is 21.3 Å². The monoisotopic (exact) mass is 277 g/mol. The molecule has 0 radical (unpaired) electrons. The molecular formula is C11H23NO5Si. The summed E-state index contributed by atoms with van der Waals surface area (Å²) in [5, 5.41) is 0.638. The summed E-state index contributed by atoms with van der Waals surface area (Å²) in [5.41, 5.74) is 0.469. The first-order chi connectivity index (χ1) is 8.52. The maximum atomic E-state index is 11.7. The zero-order valence-corrected chi connectivity index (χ0v) is 12.7. The summed E-state index contributed by atoms with van der Waals surface area (Å²) in [7, 11) is 1.49. The molecule has 6 nitrogen and oxygen atoms in total. The van der Waals surface area contributed by atoms with Crippen molar-refractivity contribution in [2.24, 2.45) is 5.90 Å². The van der Waals surface area contributed by atoms with Gasteiger partial charge in [0.05, 0.1) is 0 Å². The van der Waals surface area contributed by atoms with E-state index in [1.807, 2.05) is 6.92 Å². The SMILES string of the molecule is CCCCC(C(=O)ON)=C(C)[Si](OC)(OC)OC. The zero-order valence-electron chi connectivity index (χ0n) is 11.7. The summed E-state index contributed by atoms with van der Waals surface area (Å²) >= 11 is 0. The van der Waals surface area contributed by atoms with Gasteiger partial charge in [0.1, 0.15) is 0 Å². The summed E-state index contributed by atoms with van der Waals surface area (Å²) < 4.78 is 16.0. The highest BCUT2D eigenvalue weighted by Gasteiger charge is 2.43. The molecule has 0 spiro atoms. The van der Waals surface area contributed by atoms with Crippen LogP contribution in [0.2, 0.25) is 0 Å². The first kappa shape index (κ1) is 17.3. The van der Waals surface area contributed by atoms with Gasteiger partial charge in [-0.1, -0.05) is 13.3 Å². The van der Waals surface area contributed by atoms with Crippen LogP contribution in [0.5, 0.6) is 0 Å². The van der Waals surface area contributed by atoms with Crippen LogP contribution in [0.4, 0.5) is 0 Å². The van der Waals surface area contributed by atoms with Crippen molar-refractivity contribution in [2.45, 2.75) is 33.1 Å². The van der Waals surface area contributed by atoms with Crippen molar-refractivity contribution in [3.8, 4) is 0 Å². The Morgan fingerprint density at radius 1 is 1.17 bits per heavy atom. The lowest BCUT2D eigenvalue weighted by atomic mass is 10.1. The van der Waals surface area contributed by atoms with E-state index in [4.69, 9.17) is 19.2 Å². The smallest absolute Gasteiger partial charge is 0.374 e. The Kier molecular flexibility index (Phi) is 8.04. The Balaban J connectivity index is 5.45. The van der Waals surface area contributed by atoms with Gasteiger partial charge in [0.2, 0.25) is 0 Å². The van der Waals surface area contributed by atoms with Crippen LogP contribution in [0.3, 0.4) is 0 Å². The number of allylic oxidation sites excluding steroid dienone is 1. The molecule has 0 saturated carbocycles. The third-order valence-electron chi connectivity index (χ3n) is 2.85. The third-order valence-corrected chi connectivity index (χ3v) is 5.68. The summed E-state index contributed by atoms with van der Waals surface area (Å²) in [6.45, 7) is 3.79. The molecule has 0 aliphatic heterocycles. The lowest BCUT2D eigenvalue weighted by Crippen LogP contribution is -2.46. The summed E-state index contributed by atoms with van der Waals surface area (Å²) in [4.78, 5) is 16.0. The second-order valence-corrected chi connectivity index (χ2v) is 6.87. The van der Waals surface area contributed by atoms with Crippen LogP contribution >= 0.6 is 0 Å². The van der Waals surface area contributed by atoms with Crippen molar-refractivity contribution >= 4 is 14.8 Å². The van der Waals surface area contributed by atoms with E-state index < -0.39 is 14.8 Å². The molecule has 0 aliphatic rings. The Bertz CT molecular complexity index is 294. The van der Waals surface area contributed by atoms with Crippen molar-refractivity contribution in [1.29, 1.82) is 0 Å². The molecule has 0 aliphatic carbocycles. The molecule has 0 amide bonds. The lowest BCUT2D eigenvalue weighted by Gasteiger charge is -2.26. The number of rotatable bonds is 8. The molecule has 0 aromatic carbocycles. The molecule has 0 saturated heterocycles. The predicted octanol–water partition coefficient (Wildman–Crippen LogP) is 1.33. The van der Waals surface area contributed by atoms with E-state index in [2.05, 4.69) is 4.84 Å². The molecule has 2 N–H and O–H groups in total. The molecule has 0 fully saturated rings. The molecular weight excluding hydrogens is 254 g/mol. The van der Waals surface area contributed by atoms with Gasteiger partial charge < -0.3 is 18.1 Å². The van der Waals surface area contributed by atoms with E-state index in [-0.39, 0.29) is 0 Å². The average Bonchev–Trinajstić information content (AvgIpc) is 2.41. The topological polar surface area (TPSA) is 80.0 Å². The Morgan fingerprint density at radius 3 is 2.00 bits per heavy atom. The lowest BCUT2D eigenvalue weighted by molar-refractivity contribution is -0.139. The summed E-state index contributed by atoms with van der Waals surface area (Å²) in [6, 6.07) is 0. The fourth-order valence-electron chi connectivity index (χ4n) is 1.76. The zero-order chi connectivity index (χ0) is 14.2. The number of nitrogens with two attached hydrogens (primary N) is 1. The number of hydrogen-bond acceptors (Lipinski definition) is 6. The fourth-order valence-corrected chi connectivity index (χ4v) is 3.78. The van der Waals surface area contributed by atoms with Gasteiger partial charge >= 0.3 is 14.8 Å². The number of carbonyl (C=O) groups is 1. The van der Waals surface area contributed by atoms with Gasteiger partial charge in [0.15, 0.2) is 0 Å². The van der Waals surface area contributed by atoms with Gasteiger partial charge in [-0.05, 0) is 19.8 Å². The molecule has 18 heavy (non-hydrogen) atoms. The molecule has 0 bridgehead atoms. The van der Waals surface area contributed by atoms with Gasteiger partial charge in [-0.15, -0.1) is 0 Å². The predicted molar refractivity (Wildman–Crippen MR) is 69.3 cm³/mol. The van der Waals surface area contributed by atoms with Crippen LogP contribution in [0.15, 0.2) is 10.8 Å². The van der Waals surface area contributed by atoms with E-state index in [9.17, 15) is 4.79 Å². The molecule has 7 heteroatoms. The molecule has 0 unspecified atom stereocenters. The van der Waals surface area contributed by atoms with Crippen LogP contribution in [0, 0.1) is 0 Å². The van der Waals surface area contributed by atoms with E-state index in [0.29, 0.717) is 17.2 Å². The minimum Gasteiger partial charge on any atom is -0.374 e. The molecule has 0 rings (SSSR count). The maximum absolute atomic E-state index is 11.7. The highest BCUT2D eigenvalue weighted by Crippen LogP contribution is 2.24. The normalized spacial score (nSPS) is 13.2. The van der Waals surface area contributed by atoms with Crippen LogP contribution in [0.1, 0.15) is 33.1 Å². The van der Waals surface area contributed by atoms with E-state index >= 15 is 0 Å². The molecule has 0 atom stereocenters. The minimum absolute atomic E-state index is 0.469. The summed E-state index contributed by atoms with van der Waals surface area (Å²) in [6.07, 6.45) is 2.36. The highest BCUT2D eigenvalue weighted by molar-refractivity contribution is 6.69. The van der Waals surface area contributed by atoms with Crippen LogP contribution < -0.4 is 5.90 Å². The molecule has 0 aromatic heterocycles. The van der Waals surface area contributed by atoms with E-state index in [1.54, 1.807) is 6.92 Å². The third kappa shape index (κ3) is 3.89. The number of hydrogen-bond donors (Lipinski definition) is 1. The van der Waals surface area contributed by atoms with Crippen molar-refractivity contribution in [1.82, 2.24) is 0 Å². The Morgan fingerprint density at radius 2 is 1.67 bits per heavy atom. The second-order valence-electron chi connectivity index (χ2n) is 3.78. The Labute approximate surface area is 109 Å². The molecule has 106 valence electrons. The van der Waals surface area contributed by atoms with Crippen molar-refractivity contribution in [3.05, 3.63) is 10.8 Å². The van der Waals surface area contributed by atoms with Crippen molar-refractivity contribution < 1.29 is 22.9 Å². The fraction of sp³-hybridized carbons (Fsp3) is 0.727. The van der Waals surface area contributed by atoms with Gasteiger partial charge in [0, 0.05) is 32.1 Å². The van der Waals surface area contributed by atoms with Gasteiger partial charge in [-0.25, -0.2) is 4.79 Å². The van der Waals surface area contributed by atoms with E-state index in [0.717, 1.165) is 12.8 Å². The number of carbonyl (C=O) groups excluding carboxylic acids is 1. The standard InChI is InChI=1S/C11H23NO5Si/c1-6-7-8-10(11(13)17-12)9(2)18(14-3,15-4)16-5/h6-8,12H2,1-5H3. The van der Waals surface area contributed by atoms with Crippen molar-refractivity contribution in [2.75, 3.05) is 21.3 Å². The first-order valence-electron chi connectivity index (χ1n) is 5.79. The van der Waals surface area contributed by atoms with Crippen LogP contribution in [-0.2, 0) is 22.9 Å². The number of unbranched alkanes of at least 4 members (excludes halogenated alkanes) is 1. The molecule has 0 heterocycles. The first-order valence-corrected chi connectivity index (χ1v) is 7.52. The van der Waals surface area contributed by atoms with Gasteiger partial charge in [-0.2, -0.15) is 5.90 Å². The quantitative estimate of drug-likeness (QED) is 0.409. The average molecular weight is 277 g/mol. The van der Waals surface area contributed by atoms with Gasteiger partial charge in [-0.3, -0.25) is 0 Å². The molecule has 0 aromatic rings. The highest BCUT2D eigenvalue weighted by atomic mass is 28.4. The van der Waals surface area contributed by atoms with Crippen LogP contribution in [0.25, 0.3) is 0 Å².